The van der Waals surface area contributed by atoms with Crippen molar-refractivity contribution in [3.05, 3.63) is 82.8 Å². The van der Waals surface area contributed by atoms with Gasteiger partial charge in [-0.3, -0.25) is 0 Å². The van der Waals surface area contributed by atoms with Crippen molar-refractivity contribution >= 4 is 57.1 Å². The predicted molar refractivity (Wildman–Crippen MR) is 223 cm³/mol. The zero-order chi connectivity index (χ0) is 34.5. The Morgan fingerprint density at radius 2 is 1.04 bits per heavy atom. The lowest BCUT2D eigenvalue weighted by molar-refractivity contribution is -0.123. The molecule has 0 radical (unpaired) electrons. The Labute approximate surface area is 294 Å². The van der Waals surface area contributed by atoms with Gasteiger partial charge in [0.05, 0.1) is 5.22 Å². The Hall–Kier alpha value is -0.819. The molecule has 1 nitrogen and oxygen atoms in total. The standard InChI is InChI=1S/C40H66OSi6/c1-42(2,3)41-40(39-29-32-26-33(30-39)28-34(27-32)31-39)37(24-25-45(10,11)35-20-16-14-17-21-35)38(46(12,13)36-22-18-15-19-23-36)47(40,43(4,5)6)44(7,8)9/h14-25,32-34H,26-31H2,1-13H3/b25-24+. The van der Waals surface area contributed by atoms with Crippen LogP contribution in [0.4, 0.5) is 0 Å². The lowest BCUT2D eigenvalue weighted by Gasteiger charge is -2.79. The molecule has 0 amide bonds. The molecule has 256 valence electrons. The minimum absolute atomic E-state index is 0.0402. The first kappa shape index (κ1) is 36.0. The summed E-state index contributed by atoms with van der Waals surface area (Å²) >= 11 is 0. The highest BCUT2D eigenvalue weighted by Gasteiger charge is 2.83. The maximum atomic E-state index is 8.46. The van der Waals surface area contributed by atoms with E-state index in [2.05, 4.69) is 162 Å². The Balaban J connectivity index is 1.76. The van der Waals surface area contributed by atoms with Gasteiger partial charge in [-0.15, -0.1) is 0 Å². The van der Waals surface area contributed by atoms with Crippen LogP contribution < -0.4 is 10.4 Å². The molecule has 4 fully saturated rings. The summed E-state index contributed by atoms with van der Waals surface area (Å²) in [6, 6.07) is 23.3. The van der Waals surface area contributed by atoms with Crippen molar-refractivity contribution in [2.24, 2.45) is 23.2 Å². The van der Waals surface area contributed by atoms with Crippen LogP contribution in [0.2, 0.25) is 85.1 Å². The number of hydrogen-bond donors (Lipinski definition) is 0. The summed E-state index contributed by atoms with van der Waals surface area (Å²) in [4.78, 5) is 2.05. The average molecular weight is 731 g/mol. The van der Waals surface area contributed by atoms with Gasteiger partial charge in [-0.1, -0.05) is 153 Å². The third-order valence-corrected chi connectivity index (χ3v) is 63.2. The molecule has 5 aliphatic rings. The molecule has 2 aromatic carbocycles. The van der Waals surface area contributed by atoms with Crippen LogP contribution in [-0.2, 0) is 4.43 Å². The van der Waals surface area contributed by atoms with Gasteiger partial charge in [0.1, 0.15) is 23.3 Å². The smallest absolute Gasteiger partial charge is 0.184 e. The molecule has 1 unspecified atom stereocenters. The molecule has 1 aliphatic heterocycles. The first-order chi connectivity index (χ1) is 21.6. The van der Waals surface area contributed by atoms with E-state index in [0.29, 0.717) is 5.41 Å². The van der Waals surface area contributed by atoms with Gasteiger partial charge in [-0.2, -0.15) is 0 Å². The minimum Gasteiger partial charge on any atom is -0.411 e. The van der Waals surface area contributed by atoms with E-state index in [4.69, 9.17) is 4.43 Å². The normalized spacial score (nSPS) is 31.0. The molecule has 0 saturated heterocycles. The van der Waals surface area contributed by atoms with Gasteiger partial charge < -0.3 is 4.43 Å². The number of rotatable bonds is 10. The highest BCUT2D eigenvalue weighted by atomic mass is 29.6. The fraction of sp³-hybridized carbons (Fsp3) is 0.600. The molecule has 0 N–H and O–H groups in total. The van der Waals surface area contributed by atoms with Crippen molar-refractivity contribution in [1.82, 2.24) is 0 Å². The monoisotopic (exact) mass is 730 g/mol. The fourth-order valence-electron chi connectivity index (χ4n) is 12.8. The SMILES string of the molecule is C[Si](C)(C)OC1(C23CC4CC(CC(C4)C2)C3)C(/C=C/[Si](C)(C)c2ccccc2)=C([Si](C)(C)c2ccccc2)[Si]1([Si](C)(C)C)[Si](C)(C)C. The Kier molecular flexibility index (Phi) is 8.88. The molecular formula is C40H66OSi6. The van der Waals surface area contributed by atoms with Crippen LogP contribution in [0.5, 0.6) is 0 Å². The molecular weight excluding hydrogens is 665 g/mol. The van der Waals surface area contributed by atoms with Crippen molar-refractivity contribution in [2.75, 3.05) is 0 Å². The second-order valence-electron chi connectivity index (χ2n) is 20.5. The van der Waals surface area contributed by atoms with Gasteiger partial charge >= 0.3 is 0 Å². The second kappa shape index (κ2) is 11.6. The van der Waals surface area contributed by atoms with Crippen LogP contribution in [0.3, 0.4) is 0 Å². The highest BCUT2D eigenvalue weighted by molar-refractivity contribution is 7.75. The summed E-state index contributed by atoms with van der Waals surface area (Å²) in [5, 5.41) is 3.14. The van der Waals surface area contributed by atoms with Gasteiger partial charge in [0.2, 0.25) is 0 Å². The van der Waals surface area contributed by atoms with Crippen LogP contribution in [0.1, 0.15) is 38.5 Å². The first-order valence-electron chi connectivity index (χ1n) is 18.9. The summed E-state index contributed by atoms with van der Waals surface area (Å²) in [6.45, 7) is 35.3. The maximum Gasteiger partial charge on any atom is 0.184 e. The largest absolute Gasteiger partial charge is 0.411 e. The summed E-state index contributed by atoms with van der Waals surface area (Å²) in [7, 11) is -11.6. The Morgan fingerprint density at radius 3 is 1.45 bits per heavy atom. The van der Waals surface area contributed by atoms with E-state index in [1.54, 1.807) is 15.9 Å². The molecule has 4 saturated carbocycles. The first-order valence-corrected chi connectivity index (χ1v) is 39.4. The van der Waals surface area contributed by atoms with E-state index in [1.807, 2.05) is 0 Å². The molecule has 1 atom stereocenters. The van der Waals surface area contributed by atoms with E-state index < -0.39 is 46.8 Å². The Bertz CT molecular complexity index is 1490. The maximum absolute atomic E-state index is 8.46. The number of benzene rings is 2. The molecule has 1 heterocycles. The van der Waals surface area contributed by atoms with E-state index in [-0.39, 0.29) is 5.22 Å². The van der Waals surface area contributed by atoms with Crippen molar-refractivity contribution < 1.29 is 4.43 Å². The van der Waals surface area contributed by atoms with Crippen molar-refractivity contribution in [3.8, 4) is 0 Å². The van der Waals surface area contributed by atoms with Crippen LogP contribution in [0, 0.1) is 23.2 Å². The minimum atomic E-state index is -2.21. The summed E-state index contributed by atoms with van der Waals surface area (Å²) < 4.78 is 8.46. The fourth-order valence-corrected chi connectivity index (χ4v) is 87.2. The molecule has 4 aliphatic carbocycles. The molecule has 7 heteroatoms. The summed E-state index contributed by atoms with van der Waals surface area (Å²) in [5.41, 5.74) is 4.84. The Morgan fingerprint density at radius 1 is 0.617 bits per heavy atom. The van der Waals surface area contributed by atoms with E-state index >= 15 is 0 Å². The third-order valence-electron chi connectivity index (χ3n) is 13.4. The molecule has 7 rings (SSSR count). The quantitative estimate of drug-likeness (QED) is 0.221. The third kappa shape index (κ3) is 5.46. The van der Waals surface area contributed by atoms with Crippen molar-refractivity contribution in [1.29, 1.82) is 0 Å². The summed E-state index contributed by atoms with van der Waals surface area (Å²) in [6.07, 6.45) is 11.6. The van der Waals surface area contributed by atoms with Crippen LogP contribution in [0.15, 0.2) is 82.8 Å². The van der Waals surface area contributed by atoms with Gasteiger partial charge in [0.15, 0.2) is 8.32 Å². The molecule has 0 aromatic heterocycles. The number of hydrogen-bond acceptors (Lipinski definition) is 1. The van der Waals surface area contributed by atoms with E-state index in [0.717, 1.165) is 17.8 Å². The zero-order valence-electron chi connectivity index (χ0n) is 32.3. The summed E-state index contributed by atoms with van der Waals surface area (Å²) in [5.74, 6) is 2.76. The van der Waals surface area contributed by atoms with Crippen molar-refractivity contribution in [2.45, 2.75) is 129 Å². The van der Waals surface area contributed by atoms with Crippen LogP contribution in [-0.4, -0.2) is 52.0 Å². The molecule has 0 spiro atoms. The zero-order valence-corrected chi connectivity index (χ0v) is 38.3. The second-order valence-corrected chi connectivity index (χ2v) is 60.9. The topological polar surface area (TPSA) is 9.23 Å². The molecule has 47 heavy (non-hydrogen) atoms. The van der Waals surface area contributed by atoms with Crippen LogP contribution in [0.25, 0.3) is 0 Å². The van der Waals surface area contributed by atoms with E-state index in [9.17, 15) is 0 Å². The molecule has 4 bridgehead atoms. The van der Waals surface area contributed by atoms with Gasteiger partial charge in [0, 0.05) is 15.2 Å². The van der Waals surface area contributed by atoms with Gasteiger partial charge in [0.25, 0.3) is 0 Å². The highest BCUT2D eigenvalue weighted by Crippen LogP contribution is 2.74. The van der Waals surface area contributed by atoms with Gasteiger partial charge in [-0.25, -0.2) is 0 Å². The molecule has 2 aromatic rings. The lowest BCUT2D eigenvalue weighted by atomic mass is 9.47. The average Bonchev–Trinajstić information content (AvgIpc) is 2.93. The van der Waals surface area contributed by atoms with Gasteiger partial charge in [-0.05, 0) is 86.9 Å². The lowest BCUT2D eigenvalue weighted by Crippen LogP contribution is -2.96. The van der Waals surface area contributed by atoms with E-state index in [1.165, 1.54) is 38.5 Å². The van der Waals surface area contributed by atoms with Crippen molar-refractivity contribution in [3.63, 3.8) is 0 Å². The van der Waals surface area contributed by atoms with Crippen LogP contribution >= 0.6 is 0 Å². The predicted octanol–water partition coefficient (Wildman–Crippen LogP) is 10.3.